The van der Waals surface area contributed by atoms with Crippen molar-refractivity contribution in [2.45, 2.75) is 37.9 Å². The second-order valence-electron chi connectivity index (χ2n) is 7.66. The largest absolute Gasteiger partial charge is 0.342 e. The Kier molecular flexibility index (Phi) is 7.84. The van der Waals surface area contributed by atoms with Gasteiger partial charge in [-0.3, -0.25) is 9.63 Å². The van der Waals surface area contributed by atoms with Crippen LogP contribution in [0, 0.1) is 5.92 Å². The summed E-state index contributed by atoms with van der Waals surface area (Å²) in [5, 5.41) is 1.89. The summed E-state index contributed by atoms with van der Waals surface area (Å²) in [5.41, 5.74) is 0.774. The lowest BCUT2D eigenvalue weighted by atomic mass is 9.98. The molecule has 0 spiro atoms. The minimum Gasteiger partial charge on any atom is -0.342 e. The maximum atomic E-state index is 12.5. The van der Waals surface area contributed by atoms with Crippen molar-refractivity contribution in [2.24, 2.45) is 5.92 Å². The monoisotopic (exact) mass is 409 g/mol. The topological polar surface area (TPSA) is 79.0 Å². The van der Waals surface area contributed by atoms with Crippen LogP contribution in [0.15, 0.2) is 30.3 Å². The lowest BCUT2D eigenvalue weighted by Gasteiger charge is -2.33. The van der Waals surface area contributed by atoms with Gasteiger partial charge in [-0.05, 0) is 37.2 Å². The highest BCUT2D eigenvalue weighted by Crippen LogP contribution is 2.18. The molecule has 0 radical (unpaired) electrons. The van der Waals surface area contributed by atoms with Crippen molar-refractivity contribution >= 4 is 15.9 Å². The molecule has 0 saturated carbocycles. The van der Waals surface area contributed by atoms with E-state index in [-0.39, 0.29) is 17.6 Å². The van der Waals surface area contributed by atoms with E-state index in [1.807, 2.05) is 40.3 Å². The Morgan fingerprint density at radius 1 is 1.14 bits per heavy atom. The van der Waals surface area contributed by atoms with Crippen LogP contribution in [0.2, 0.25) is 0 Å². The summed E-state index contributed by atoms with van der Waals surface area (Å²) in [6.45, 7) is 4.01. The number of carbonyl (C=O) groups is 1. The molecule has 1 atom stereocenters. The van der Waals surface area contributed by atoms with Crippen LogP contribution in [-0.4, -0.2) is 63.6 Å². The maximum Gasteiger partial charge on any atom is 0.223 e. The van der Waals surface area contributed by atoms with Gasteiger partial charge in [0.05, 0.1) is 12.4 Å². The number of nitrogens with zero attached hydrogens (tertiary/aromatic N) is 2. The molecule has 2 saturated heterocycles. The Balaban J connectivity index is 1.42. The van der Waals surface area contributed by atoms with E-state index in [4.69, 9.17) is 4.84 Å². The fourth-order valence-electron chi connectivity index (χ4n) is 3.75. The first-order valence-electron chi connectivity index (χ1n) is 10.2. The number of rotatable bonds is 8. The van der Waals surface area contributed by atoms with Crippen molar-refractivity contribution in [3.8, 4) is 0 Å². The number of hydrogen-bond acceptors (Lipinski definition) is 5. The predicted octanol–water partition coefficient (Wildman–Crippen LogP) is 1.76. The SMILES string of the molecule is O=C(CCN1CCCCO1)N1CCC[C@@H](CNS(=O)(=O)Cc2ccccc2)C1. The molecule has 1 N–H and O–H groups in total. The fourth-order valence-corrected chi connectivity index (χ4v) is 4.97. The second-order valence-corrected chi connectivity index (χ2v) is 9.47. The summed E-state index contributed by atoms with van der Waals surface area (Å²) < 4.78 is 27.4. The molecule has 7 nitrogen and oxygen atoms in total. The minimum absolute atomic E-state index is 0.0148. The van der Waals surface area contributed by atoms with Crippen molar-refractivity contribution in [2.75, 3.05) is 39.3 Å². The maximum absolute atomic E-state index is 12.5. The van der Waals surface area contributed by atoms with Crippen LogP contribution >= 0.6 is 0 Å². The number of hydrogen-bond donors (Lipinski definition) is 1. The zero-order valence-corrected chi connectivity index (χ0v) is 17.2. The summed E-state index contributed by atoms with van der Waals surface area (Å²) in [7, 11) is -3.37. The molecular weight excluding hydrogens is 378 g/mol. The van der Waals surface area contributed by atoms with Gasteiger partial charge in [-0.25, -0.2) is 13.1 Å². The first-order valence-corrected chi connectivity index (χ1v) is 11.8. The Labute approximate surface area is 168 Å². The van der Waals surface area contributed by atoms with Gasteiger partial charge in [0.1, 0.15) is 0 Å². The third kappa shape index (κ3) is 6.84. The quantitative estimate of drug-likeness (QED) is 0.708. The number of piperidine rings is 1. The van der Waals surface area contributed by atoms with Gasteiger partial charge >= 0.3 is 0 Å². The number of carbonyl (C=O) groups excluding carboxylic acids is 1. The van der Waals surface area contributed by atoms with Crippen LogP contribution in [0.3, 0.4) is 0 Å². The first-order chi connectivity index (χ1) is 13.5. The molecule has 2 fully saturated rings. The average Bonchev–Trinajstić information content (AvgIpc) is 2.72. The molecule has 2 aliphatic heterocycles. The lowest BCUT2D eigenvalue weighted by Crippen LogP contribution is -2.44. The molecule has 156 valence electrons. The Hall–Kier alpha value is -1.48. The summed E-state index contributed by atoms with van der Waals surface area (Å²) in [5.74, 6) is 0.277. The van der Waals surface area contributed by atoms with Crippen LogP contribution < -0.4 is 4.72 Å². The molecule has 2 aliphatic rings. The molecular formula is C20H31N3O4S. The van der Waals surface area contributed by atoms with Crippen LogP contribution in [0.25, 0.3) is 0 Å². The van der Waals surface area contributed by atoms with E-state index in [1.54, 1.807) is 0 Å². The van der Waals surface area contributed by atoms with Crippen LogP contribution in [-0.2, 0) is 25.4 Å². The third-order valence-electron chi connectivity index (χ3n) is 5.31. The summed E-state index contributed by atoms with van der Waals surface area (Å²) in [4.78, 5) is 20.0. The molecule has 0 aliphatic carbocycles. The van der Waals surface area contributed by atoms with Gasteiger partial charge in [-0.2, -0.15) is 5.06 Å². The molecule has 0 unspecified atom stereocenters. The molecule has 2 heterocycles. The van der Waals surface area contributed by atoms with Crippen LogP contribution in [0.4, 0.5) is 0 Å². The van der Waals surface area contributed by atoms with Crippen molar-refractivity contribution in [1.82, 2.24) is 14.7 Å². The van der Waals surface area contributed by atoms with E-state index in [2.05, 4.69) is 4.72 Å². The predicted molar refractivity (Wildman–Crippen MR) is 108 cm³/mol. The highest BCUT2D eigenvalue weighted by Gasteiger charge is 2.25. The standard InChI is InChI=1S/C20H31N3O4S/c24-20(10-13-23-12-4-5-14-27-23)22-11-6-9-19(16-22)15-21-28(25,26)17-18-7-2-1-3-8-18/h1-3,7-8,19,21H,4-6,9-17H2/t19-/m0/s1. The number of amides is 1. The summed E-state index contributed by atoms with van der Waals surface area (Å²) >= 11 is 0. The molecule has 28 heavy (non-hydrogen) atoms. The van der Waals surface area contributed by atoms with Crippen LogP contribution in [0.5, 0.6) is 0 Å². The van der Waals surface area contributed by atoms with Gasteiger partial charge in [-0.15, -0.1) is 0 Å². The highest BCUT2D eigenvalue weighted by atomic mass is 32.2. The van der Waals surface area contributed by atoms with Gasteiger partial charge in [0.2, 0.25) is 15.9 Å². The Morgan fingerprint density at radius 3 is 2.71 bits per heavy atom. The molecule has 0 aromatic heterocycles. The van der Waals surface area contributed by atoms with Gasteiger partial charge in [0.15, 0.2) is 0 Å². The zero-order chi connectivity index (χ0) is 19.8. The van der Waals surface area contributed by atoms with Crippen molar-refractivity contribution < 1.29 is 18.0 Å². The molecule has 3 rings (SSSR count). The Morgan fingerprint density at radius 2 is 1.96 bits per heavy atom. The number of sulfonamides is 1. The summed E-state index contributed by atoms with van der Waals surface area (Å²) in [6.07, 6.45) is 4.50. The number of hydroxylamine groups is 2. The molecule has 1 aromatic carbocycles. The van der Waals surface area contributed by atoms with E-state index < -0.39 is 10.0 Å². The van der Waals surface area contributed by atoms with E-state index in [0.717, 1.165) is 50.9 Å². The Bertz CT molecular complexity index is 720. The number of benzene rings is 1. The van der Waals surface area contributed by atoms with Gasteiger partial charge in [0, 0.05) is 39.1 Å². The average molecular weight is 410 g/mol. The second kappa shape index (κ2) is 10.3. The third-order valence-corrected chi connectivity index (χ3v) is 6.63. The van der Waals surface area contributed by atoms with E-state index in [1.165, 1.54) is 0 Å². The van der Waals surface area contributed by atoms with Crippen molar-refractivity contribution in [3.63, 3.8) is 0 Å². The first kappa shape index (κ1) is 21.2. The molecule has 1 amide bonds. The minimum atomic E-state index is -3.37. The van der Waals surface area contributed by atoms with Crippen molar-refractivity contribution in [3.05, 3.63) is 35.9 Å². The van der Waals surface area contributed by atoms with Gasteiger partial charge < -0.3 is 4.90 Å². The normalized spacial score (nSPS) is 21.6. The smallest absolute Gasteiger partial charge is 0.223 e. The fraction of sp³-hybridized carbons (Fsp3) is 0.650. The highest BCUT2D eigenvalue weighted by molar-refractivity contribution is 7.88. The van der Waals surface area contributed by atoms with E-state index in [9.17, 15) is 13.2 Å². The molecule has 8 heteroatoms. The molecule has 0 bridgehead atoms. The van der Waals surface area contributed by atoms with Crippen LogP contribution in [0.1, 0.15) is 37.7 Å². The van der Waals surface area contributed by atoms with Crippen molar-refractivity contribution in [1.29, 1.82) is 0 Å². The number of likely N-dealkylation sites (tertiary alicyclic amines) is 1. The number of nitrogens with one attached hydrogen (secondary N) is 1. The zero-order valence-electron chi connectivity index (χ0n) is 16.4. The van der Waals surface area contributed by atoms with E-state index in [0.29, 0.717) is 26.1 Å². The lowest BCUT2D eigenvalue weighted by molar-refractivity contribution is -0.182. The molecule has 1 aromatic rings. The van der Waals surface area contributed by atoms with Gasteiger partial charge in [0.25, 0.3) is 0 Å². The van der Waals surface area contributed by atoms with E-state index >= 15 is 0 Å². The van der Waals surface area contributed by atoms with Gasteiger partial charge in [-0.1, -0.05) is 30.3 Å². The summed E-state index contributed by atoms with van der Waals surface area (Å²) in [6, 6.07) is 9.17.